The van der Waals surface area contributed by atoms with Crippen LogP contribution in [0.3, 0.4) is 0 Å². The Morgan fingerprint density at radius 1 is 1.10 bits per heavy atom. The topological polar surface area (TPSA) is 71.4 Å². The van der Waals surface area contributed by atoms with Crippen molar-refractivity contribution in [3.05, 3.63) is 28.7 Å². The zero-order valence-electron chi connectivity index (χ0n) is 11.0. The number of carboxylic acids is 1. The van der Waals surface area contributed by atoms with E-state index in [1.54, 1.807) is 18.2 Å². The van der Waals surface area contributed by atoms with Crippen LogP contribution in [0.4, 0.5) is 0 Å². The highest BCUT2D eigenvalue weighted by Gasteiger charge is 2.51. The van der Waals surface area contributed by atoms with Gasteiger partial charge in [0, 0.05) is 4.47 Å². The number of sulfone groups is 1. The van der Waals surface area contributed by atoms with E-state index in [0.29, 0.717) is 17.3 Å². The molecule has 1 aromatic rings. The first kappa shape index (κ1) is 15.5. The van der Waals surface area contributed by atoms with E-state index in [1.165, 1.54) is 6.07 Å². The Balaban J connectivity index is 2.59. The molecule has 0 heterocycles. The van der Waals surface area contributed by atoms with Gasteiger partial charge in [-0.3, -0.25) is 4.79 Å². The third-order valence-electron chi connectivity index (χ3n) is 3.94. The van der Waals surface area contributed by atoms with Gasteiger partial charge in [-0.25, -0.2) is 8.42 Å². The largest absolute Gasteiger partial charge is 0.480 e. The predicted octanol–water partition coefficient (Wildman–Crippen LogP) is 3.40. The molecule has 1 N–H and O–H groups in total. The summed E-state index contributed by atoms with van der Waals surface area (Å²) in [6.07, 6.45) is 3.42. The number of hydrogen-bond donors (Lipinski definition) is 1. The van der Waals surface area contributed by atoms with E-state index in [1.807, 2.05) is 0 Å². The second-order valence-corrected chi connectivity index (χ2v) is 8.23. The van der Waals surface area contributed by atoms with Gasteiger partial charge in [-0.1, -0.05) is 37.8 Å². The third-order valence-corrected chi connectivity index (χ3v) is 7.44. The van der Waals surface area contributed by atoms with Crippen molar-refractivity contribution in [3.8, 4) is 0 Å². The van der Waals surface area contributed by atoms with Crippen LogP contribution in [-0.4, -0.2) is 24.2 Å². The first-order valence-corrected chi connectivity index (χ1v) is 8.92. The molecule has 1 aliphatic rings. The van der Waals surface area contributed by atoms with Crippen molar-refractivity contribution in [2.75, 3.05) is 0 Å². The summed E-state index contributed by atoms with van der Waals surface area (Å²) in [5, 5.41) is 9.61. The fourth-order valence-electron chi connectivity index (χ4n) is 2.77. The first-order chi connectivity index (χ1) is 9.42. The molecule has 110 valence electrons. The van der Waals surface area contributed by atoms with Gasteiger partial charge in [-0.2, -0.15) is 0 Å². The van der Waals surface area contributed by atoms with Gasteiger partial charge in [0.1, 0.15) is 0 Å². The highest BCUT2D eigenvalue weighted by Crippen LogP contribution is 2.40. The van der Waals surface area contributed by atoms with Gasteiger partial charge < -0.3 is 5.11 Å². The lowest BCUT2D eigenvalue weighted by atomic mass is 9.99. The van der Waals surface area contributed by atoms with Gasteiger partial charge in [0.15, 0.2) is 14.6 Å². The molecule has 0 radical (unpaired) electrons. The molecular weight excluding hydrogens is 344 g/mol. The Hall–Kier alpha value is -0.880. The Kier molecular flexibility index (Phi) is 4.54. The molecule has 4 nitrogen and oxygen atoms in total. The standard InChI is InChI=1S/C14H17BrO4S/c15-11-7-3-4-8-12(11)20(18,19)14(13(16)17)9-5-1-2-6-10-14/h3-4,7-8H,1-2,5-6,9-10H2,(H,16,17). The smallest absolute Gasteiger partial charge is 0.325 e. The van der Waals surface area contributed by atoms with Gasteiger partial charge in [0.05, 0.1) is 4.90 Å². The van der Waals surface area contributed by atoms with Crippen LogP contribution in [0.25, 0.3) is 0 Å². The summed E-state index contributed by atoms with van der Waals surface area (Å²) in [6.45, 7) is 0. The van der Waals surface area contributed by atoms with Gasteiger partial charge in [-0.05, 0) is 40.9 Å². The molecule has 2 rings (SSSR count). The number of hydrogen-bond acceptors (Lipinski definition) is 3. The Morgan fingerprint density at radius 3 is 2.15 bits per heavy atom. The quantitative estimate of drug-likeness (QED) is 0.838. The molecule has 0 spiro atoms. The highest BCUT2D eigenvalue weighted by atomic mass is 79.9. The maximum atomic E-state index is 12.9. The molecule has 1 aromatic carbocycles. The van der Waals surface area contributed by atoms with E-state index in [9.17, 15) is 18.3 Å². The fraction of sp³-hybridized carbons (Fsp3) is 0.500. The monoisotopic (exact) mass is 360 g/mol. The number of rotatable bonds is 3. The molecule has 0 aromatic heterocycles. The van der Waals surface area contributed by atoms with Crippen LogP contribution in [0.15, 0.2) is 33.6 Å². The third kappa shape index (κ3) is 2.51. The number of carboxylic acid groups (broad SMARTS) is 1. The number of aliphatic carboxylic acids is 1. The van der Waals surface area contributed by atoms with E-state index < -0.39 is 20.6 Å². The van der Waals surface area contributed by atoms with E-state index in [-0.39, 0.29) is 17.7 Å². The van der Waals surface area contributed by atoms with Crippen LogP contribution in [0.2, 0.25) is 0 Å². The molecule has 0 atom stereocenters. The van der Waals surface area contributed by atoms with Crippen molar-refractivity contribution in [2.45, 2.75) is 48.2 Å². The number of benzene rings is 1. The zero-order chi connectivity index (χ0) is 14.8. The highest BCUT2D eigenvalue weighted by molar-refractivity contribution is 9.10. The van der Waals surface area contributed by atoms with Crippen molar-refractivity contribution in [2.24, 2.45) is 0 Å². The minimum absolute atomic E-state index is 0.0734. The fourth-order valence-corrected chi connectivity index (χ4v) is 5.75. The molecular formula is C14H17BrO4S. The van der Waals surface area contributed by atoms with Crippen molar-refractivity contribution in [3.63, 3.8) is 0 Å². The average Bonchev–Trinajstić information content (AvgIpc) is 2.65. The molecule has 1 aliphatic carbocycles. The van der Waals surface area contributed by atoms with Crippen molar-refractivity contribution in [1.82, 2.24) is 0 Å². The molecule has 0 bridgehead atoms. The average molecular weight is 361 g/mol. The lowest BCUT2D eigenvalue weighted by molar-refractivity contribution is -0.140. The zero-order valence-corrected chi connectivity index (χ0v) is 13.4. The molecule has 0 amide bonds. The molecule has 0 saturated heterocycles. The Bertz CT molecular complexity index is 601. The lowest BCUT2D eigenvalue weighted by Gasteiger charge is -2.28. The maximum Gasteiger partial charge on any atom is 0.325 e. The summed E-state index contributed by atoms with van der Waals surface area (Å²) in [6, 6.07) is 6.42. The van der Waals surface area contributed by atoms with Gasteiger partial charge in [-0.15, -0.1) is 0 Å². The van der Waals surface area contributed by atoms with Gasteiger partial charge in [0.2, 0.25) is 0 Å². The second-order valence-electron chi connectivity index (χ2n) is 5.15. The SMILES string of the molecule is O=C(O)C1(S(=O)(=O)c2ccccc2Br)CCCCCC1. The molecule has 1 fully saturated rings. The molecule has 0 aliphatic heterocycles. The summed E-state index contributed by atoms with van der Waals surface area (Å²) in [7, 11) is -3.92. The lowest BCUT2D eigenvalue weighted by Crippen LogP contribution is -2.46. The molecule has 1 saturated carbocycles. The normalized spacial score (nSPS) is 19.2. The molecule has 6 heteroatoms. The van der Waals surface area contributed by atoms with Gasteiger partial charge in [0.25, 0.3) is 0 Å². The van der Waals surface area contributed by atoms with Crippen LogP contribution in [-0.2, 0) is 14.6 Å². The Labute approximate surface area is 127 Å². The van der Waals surface area contributed by atoms with Crippen LogP contribution in [0.1, 0.15) is 38.5 Å². The van der Waals surface area contributed by atoms with Crippen LogP contribution in [0.5, 0.6) is 0 Å². The first-order valence-electron chi connectivity index (χ1n) is 6.64. The minimum Gasteiger partial charge on any atom is -0.480 e. The van der Waals surface area contributed by atoms with Crippen molar-refractivity contribution in [1.29, 1.82) is 0 Å². The van der Waals surface area contributed by atoms with E-state index in [0.717, 1.165) is 12.8 Å². The summed E-state index contributed by atoms with van der Waals surface area (Å²) in [5.74, 6) is -1.23. The summed E-state index contributed by atoms with van der Waals surface area (Å²) >= 11 is 3.22. The predicted molar refractivity (Wildman–Crippen MR) is 79.4 cm³/mol. The van der Waals surface area contributed by atoms with E-state index in [4.69, 9.17) is 0 Å². The molecule has 0 unspecified atom stereocenters. The van der Waals surface area contributed by atoms with Crippen LogP contribution < -0.4 is 0 Å². The minimum atomic E-state index is -3.92. The number of carbonyl (C=O) groups is 1. The van der Waals surface area contributed by atoms with Crippen LogP contribution in [0, 0.1) is 0 Å². The maximum absolute atomic E-state index is 12.9. The molecule has 20 heavy (non-hydrogen) atoms. The summed E-state index contributed by atoms with van der Waals surface area (Å²) < 4.78 is 24.6. The van der Waals surface area contributed by atoms with Crippen molar-refractivity contribution >= 4 is 31.7 Å². The van der Waals surface area contributed by atoms with Gasteiger partial charge >= 0.3 is 5.97 Å². The summed E-state index contributed by atoms with van der Waals surface area (Å²) in [4.78, 5) is 11.8. The summed E-state index contributed by atoms with van der Waals surface area (Å²) in [5.41, 5.74) is 0. The van der Waals surface area contributed by atoms with E-state index in [2.05, 4.69) is 15.9 Å². The van der Waals surface area contributed by atoms with E-state index >= 15 is 0 Å². The van der Waals surface area contributed by atoms with Crippen molar-refractivity contribution < 1.29 is 18.3 Å². The number of halogens is 1. The second kappa shape index (κ2) is 5.85. The van der Waals surface area contributed by atoms with Crippen LogP contribution >= 0.6 is 15.9 Å². The Morgan fingerprint density at radius 2 is 1.65 bits per heavy atom.